The molecule has 2 fully saturated rings. The van der Waals surface area contributed by atoms with E-state index in [1.807, 2.05) is 16.7 Å². The molecule has 2 atom stereocenters. The number of aliphatic carboxylic acids is 1. The van der Waals surface area contributed by atoms with Crippen LogP contribution in [-0.4, -0.2) is 58.8 Å². The van der Waals surface area contributed by atoms with Crippen molar-refractivity contribution in [1.29, 1.82) is 0 Å². The predicted octanol–water partition coefficient (Wildman–Crippen LogP) is 1.61. The van der Waals surface area contributed by atoms with E-state index in [1.165, 1.54) is 0 Å². The van der Waals surface area contributed by atoms with Gasteiger partial charge in [0.05, 0.1) is 12.1 Å². The topological polar surface area (TPSA) is 49.8 Å². The summed E-state index contributed by atoms with van der Waals surface area (Å²) in [6, 6.07) is 0.312. The summed E-state index contributed by atoms with van der Waals surface area (Å²) in [7, 11) is 0. The molecule has 2 saturated heterocycles. The van der Waals surface area contributed by atoms with E-state index < -0.39 is 5.97 Å². The lowest BCUT2D eigenvalue weighted by Crippen LogP contribution is -2.50. The van der Waals surface area contributed by atoms with Crippen molar-refractivity contribution in [3.05, 3.63) is 12.7 Å². The van der Waals surface area contributed by atoms with Crippen molar-refractivity contribution in [2.45, 2.75) is 30.9 Å². The van der Waals surface area contributed by atoms with Crippen LogP contribution in [0.1, 0.15) is 19.3 Å². The van der Waals surface area contributed by atoms with Crippen LogP contribution in [0.25, 0.3) is 0 Å². The van der Waals surface area contributed by atoms with E-state index in [0.29, 0.717) is 12.6 Å². The van der Waals surface area contributed by atoms with Gasteiger partial charge in [-0.1, -0.05) is 6.08 Å². The van der Waals surface area contributed by atoms with Crippen LogP contribution in [0, 0.1) is 0 Å². The molecule has 0 aromatic rings. The Morgan fingerprint density at radius 1 is 1.67 bits per heavy atom. The predicted molar refractivity (Wildman–Crippen MR) is 73.1 cm³/mol. The quantitative estimate of drug-likeness (QED) is 0.770. The smallest absolute Gasteiger partial charge is 0.317 e. The van der Waals surface area contributed by atoms with Gasteiger partial charge >= 0.3 is 5.97 Å². The normalized spacial score (nSPS) is 31.9. The number of carboxylic acid groups (broad SMARTS) is 1. The second kappa shape index (κ2) is 6.08. The Balaban J connectivity index is 2.00. The zero-order chi connectivity index (χ0) is 13.0. The van der Waals surface area contributed by atoms with Crippen molar-refractivity contribution in [1.82, 2.24) is 4.90 Å². The largest absolute Gasteiger partial charge is 0.480 e. The number of ether oxygens (including phenoxy) is 1. The first-order valence-electron chi connectivity index (χ1n) is 6.44. The summed E-state index contributed by atoms with van der Waals surface area (Å²) < 4.78 is 5.97. The Morgan fingerprint density at radius 3 is 3.11 bits per heavy atom. The number of carbonyl (C=O) groups is 1. The molecule has 0 radical (unpaired) electrons. The van der Waals surface area contributed by atoms with Gasteiger partial charge in [-0.25, -0.2) is 0 Å². The molecule has 102 valence electrons. The van der Waals surface area contributed by atoms with E-state index in [2.05, 4.69) is 6.58 Å². The second-order valence-corrected chi connectivity index (χ2v) is 6.20. The van der Waals surface area contributed by atoms with Crippen molar-refractivity contribution in [3.63, 3.8) is 0 Å². The molecule has 2 rings (SSSR count). The summed E-state index contributed by atoms with van der Waals surface area (Å²) in [6.45, 7) is 5.21. The highest BCUT2D eigenvalue weighted by molar-refractivity contribution is 7.99. The van der Waals surface area contributed by atoms with E-state index in [-0.39, 0.29) is 12.1 Å². The third kappa shape index (κ3) is 3.28. The number of nitrogens with zero attached hydrogens (tertiary/aromatic N) is 1. The number of hydrogen-bond acceptors (Lipinski definition) is 4. The fourth-order valence-corrected chi connectivity index (χ4v) is 4.24. The fraction of sp³-hybridized carbons (Fsp3) is 0.769. The van der Waals surface area contributed by atoms with E-state index in [0.717, 1.165) is 37.4 Å². The van der Waals surface area contributed by atoms with Gasteiger partial charge in [0.2, 0.25) is 0 Å². The second-order valence-electron chi connectivity index (χ2n) is 5.09. The maximum absolute atomic E-state index is 10.9. The molecule has 1 spiro atoms. The van der Waals surface area contributed by atoms with Crippen molar-refractivity contribution in [2.75, 3.05) is 31.2 Å². The first-order valence-corrected chi connectivity index (χ1v) is 7.59. The van der Waals surface area contributed by atoms with Crippen molar-refractivity contribution < 1.29 is 14.6 Å². The van der Waals surface area contributed by atoms with Crippen LogP contribution in [0.4, 0.5) is 0 Å². The molecule has 18 heavy (non-hydrogen) atoms. The molecule has 0 saturated carbocycles. The molecule has 2 aliphatic rings. The van der Waals surface area contributed by atoms with Gasteiger partial charge in [-0.15, -0.1) is 6.58 Å². The molecular weight excluding hydrogens is 250 g/mol. The third-order valence-electron chi connectivity index (χ3n) is 3.75. The molecular formula is C13H21NO3S. The van der Waals surface area contributed by atoms with Crippen LogP contribution in [0.5, 0.6) is 0 Å². The number of hydrogen-bond donors (Lipinski definition) is 1. The van der Waals surface area contributed by atoms with E-state index >= 15 is 0 Å². The first kappa shape index (κ1) is 13.9. The molecule has 0 aliphatic carbocycles. The molecule has 5 heteroatoms. The van der Waals surface area contributed by atoms with Crippen LogP contribution < -0.4 is 0 Å². The summed E-state index contributed by atoms with van der Waals surface area (Å²) >= 11 is 1.94. The number of carboxylic acids is 1. The third-order valence-corrected chi connectivity index (χ3v) is 4.98. The maximum atomic E-state index is 10.9. The highest BCUT2D eigenvalue weighted by atomic mass is 32.2. The molecule has 2 unspecified atom stereocenters. The molecule has 0 aromatic carbocycles. The Bertz CT molecular complexity index is 315. The zero-order valence-corrected chi connectivity index (χ0v) is 11.5. The van der Waals surface area contributed by atoms with Gasteiger partial charge in [-0.05, 0) is 25.0 Å². The number of rotatable bonds is 5. The van der Waals surface area contributed by atoms with Gasteiger partial charge in [0, 0.05) is 24.9 Å². The molecule has 0 aromatic heterocycles. The van der Waals surface area contributed by atoms with Crippen molar-refractivity contribution >= 4 is 17.7 Å². The Morgan fingerprint density at radius 2 is 2.50 bits per heavy atom. The average molecular weight is 271 g/mol. The Kier molecular flexibility index (Phi) is 4.70. The van der Waals surface area contributed by atoms with Crippen LogP contribution in [0.15, 0.2) is 12.7 Å². The van der Waals surface area contributed by atoms with Gasteiger partial charge in [0.1, 0.15) is 0 Å². The van der Waals surface area contributed by atoms with E-state index in [1.54, 1.807) is 6.08 Å². The van der Waals surface area contributed by atoms with Gasteiger partial charge in [-0.3, -0.25) is 9.69 Å². The molecule has 2 aliphatic heterocycles. The Hall–Kier alpha value is -0.520. The summed E-state index contributed by atoms with van der Waals surface area (Å²) in [5.74, 6) is 1.45. The molecule has 0 bridgehead atoms. The molecule has 2 heterocycles. The average Bonchev–Trinajstić information content (AvgIpc) is 2.76. The SMILES string of the molecule is C=CCN(CC(=O)O)C1CCOC2(CCSC2)C1. The summed E-state index contributed by atoms with van der Waals surface area (Å²) in [4.78, 5) is 12.9. The van der Waals surface area contributed by atoms with E-state index in [9.17, 15) is 4.79 Å². The minimum atomic E-state index is -0.766. The zero-order valence-electron chi connectivity index (χ0n) is 10.6. The van der Waals surface area contributed by atoms with Crippen LogP contribution in [0.3, 0.4) is 0 Å². The van der Waals surface area contributed by atoms with Crippen molar-refractivity contribution in [2.24, 2.45) is 0 Å². The Labute approximate surface area is 112 Å². The lowest BCUT2D eigenvalue weighted by atomic mass is 9.89. The summed E-state index contributed by atoms with van der Waals surface area (Å²) in [5, 5.41) is 8.99. The molecule has 1 N–H and O–H groups in total. The van der Waals surface area contributed by atoms with Gasteiger partial charge in [0.15, 0.2) is 0 Å². The first-order chi connectivity index (χ1) is 8.65. The standard InChI is InChI=1S/C13H21NO3S/c1-2-5-14(9-12(15)16)11-3-6-17-13(8-11)4-7-18-10-13/h2,11H,1,3-10H2,(H,15,16). The monoisotopic (exact) mass is 271 g/mol. The van der Waals surface area contributed by atoms with Gasteiger partial charge < -0.3 is 9.84 Å². The number of thioether (sulfide) groups is 1. The van der Waals surface area contributed by atoms with Gasteiger partial charge in [0.25, 0.3) is 0 Å². The highest BCUT2D eigenvalue weighted by Crippen LogP contribution is 2.39. The summed E-state index contributed by atoms with van der Waals surface area (Å²) in [5.41, 5.74) is 0.00546. The fourth-order valence-electron chi connectivity index (χ4n) is 2.86. The highest BCUT2D eigenvalue weighted by Gasteiger charge is 2.42. The van der Waals surface area contributed by atoms with Crippen LogP contribution >= 0.6 is 11.8 Å². The van der Waals surface area contributed by atoms with Crippen molar-refractivity contribution in [3.8, 4) is 0 Å². The molecule has 0 amide bonds. The lowest BCUT2D eigenvalue weighted by Gasteiger charge is -2.42. The maximum Gasteiger partial charge on any atom is 0.317 e. The minimum Gasteiger partial charge on any atom is -0.480 e. The minimum absolute atomic E-state index is 0.00546. The summed E-state index contributed by atoms with van der Waals surface area (Å²) in [6.07, 6.45) is 4.77. The molecule has 4 nitrogen and oxygen atoms in total. The van der Waals surface area contributed by atoms with Crippen LogP contribution in [-0.2, 0) is 9.53 Å². The van der Waals surface area contributed by atoms with Gasteiger partial charge in [-0.2, -0.15) is 11.8 Å². The van der Waals surface area contributed by atoms with Crippen LogP contribution in [0.2, 0.25) is 0 Å². The lowest BCUT2D eigenvalue weighted by molar-refractivity contribution is -0.141. The van der Waals surface area contributed by atoms with E-state index in [4.69, 9.17) is 9.84 Å².